The van der Waals surface area contributed by atoms with Crippen LogP contribution in [0, 0.1) is 5.92 Å². The number of benzene rings is 1. The van der Waals surface area contributed by atoms with Crippen molar-refractivity contribution in [3.8, 4) is 32.3 Å². The van der Waals surface area contributed by atoms with Crippen LogP contribution >= 0.6 is 11.3 Å². The van der Waals surface area contributed by atoms with Gasteiger partial charge in [-0.3, -0.25) is 9.69 Å². The van der Waals surface area contributed by atoms with Crippen molar-refractivity contribution in [1.82, 2.24) is 35.1 Å². The van der Waals surface area contributed by atoms with E-state index >= 15 is 0 Å². The molecular formula is C36H43N7O4S. The van der Waals surface area contributed by atoms with Crippen LogP contribution in [0.15, 0.2) is 36.7 Å². The van der Waals surface area contributed by atoms with Crippen molar-refractivity contribution < 1.29 is 19.1 Å². The molecule has 0 spiro atoms. The number of carbonyl (C=O) groups is 2. The Balaban J connectivity index is 1.07. The quantitative estimate of drug-likeness (QED) is 0.186. The van der Waals surface area contributed by atoms with Gasteiger partial charge in [0.25, 0.3) is 0 Å². The van der Waals surface area contributed by atoms with Crippen LogP contribution in [0.2, 0.25) is 0 Å². The minimum atomic E-state index is -0.668. The number of hydrogen-bond acceptors (Lipinski definition) is 8. The lowest BCUT2D eigenvalue weighted by Gasteiger charge is -2.30. The number of H-pyrrole nitrogens is 2. The number of carbonyl (C=O) groups excluding carboxylic acids is 2. The van der Waals surface area contributed by atoms with Crippen molar-refractivity contribution in [2.24, 2.45) is 5.92 Å². The van der Waals surface area contributed by atoms with Crippen molar-refractivity contribution in [3.63, 3.8) is 0 Å². The summed E-state index contributed by atoms with van der Waals surface area (Å²) in [6.45, 7) is 5.58. The van der Waals surface area contributed by atoms with E-state index in [1.807, 2.05) is 31.1 Å². The second-order valence-electron chi connectivity index (χ2n) is 13.9. The molecule has 4 aliphatic rings. The summed E-state index contributed by atoms with van der Waals surface area (Å²) in [5.74, 6) is 1.62. The van der Waals surface area contributed by atoms with Gasteiger partial charge in [-0.15, -0.1) is 11.3 Å². The molecule has 3 fully saturated rings. The lowest BCUT2D eigenvalue weighted by Crippen LogP contribution is -2.51. The summed E-state index contributed by atoms with van der Waals surface area (Å²) in [4.78, 5) is 49.1. The van der Waals surface area contributed by atoms with Crippen LogP contribution in [-0.2, 0) is 14.3 Å². The maximum absolute atomic E-state index is 13.7. The Morgan fingerprint density at radius 3 is 2.27 bits per heavy atom. The van der Waals surface area contributed by atoms with E-state index in [2.05, 4.69) is 51.5 Å². The van der Waals surface area contributed by atoms with Gasteiger partial charge in [0.05, 0.1) is 60.1 Å². The predicted molar refractivity (Wildman–Crippen MR) is 183 cm³/mol. The van der Waals surface area contributed by atoms with Crippen LogP contribution in [-0.4, -0.2) is 75.0 Å². The summed E-state index contributed by atoms with van der Waals surface area (Å²) in [6.07, 6.45) is 9.47. The molecule has 2 bridgehead atoms. The first-order chi connectivity index (χ1) is 23.3. The second kappa shape index (κ2) is 12.5. The minimum absolute atomic E-state index is 0.0606. The molecule has 1 aromatic carbocycles. The molecule has 5 atom stereocenters. The Hall–Kier alpha value is -4.00. The first-order valence-electron chi connectivity index (χ1n) is 17.2. The summed E-state index contributed by atoms with van der Waals surface area (Å²) in [5, 5.41) is 2.73. The van der Waals surface area contributed by atoms with Gasteiger partial charge in [-0.25, -0.2) is 14.8 Å². The maximum Gasteiger partial charge on any atom is 0.407 e. The second-order valence-corrected chi connectivity index (χ2v) is 15.0. The summed E-state index contributed by atoms with van der Waals surface area (Å²) in [5.41, 5.74) is 6.89. The van der Waals surface area contributed by atoms with E-state index in [4.69, 9.17) is 19.4 Å². The van der Waals surface area contributed by atoms with E-state index in [-0.39, 0.29) is 30.1 Å². The molecule has 3 N–H and O–H groups in total. The SMILES string of the molecule is COC(=O)NC(C(=O)N1CCCC1c1ncc(-c2ccc(-c3ccc(-c4cnc([C@@H]5CCCN5C)[nH]4)s3)c3c2C2CCC3O2)[nH]1)C(C)C. The van der Waals surface area contributed by atoms with Gasteiger partial charge in [0, 0.05) is 17.0 Å². The van der Waals surface area contributed by atoms with Gasteiger partial charge in [0.15, 0.2) is 0 Å². The number of aromatic amines is 2. The third-order valence-electron chi connectivity index (χ3n) is 10.6. The molecule has 12 heteroatoms. The first kappa shape index (κ1) is 31.3. The van der Waals surface area contributed by atoms with E-state index < -0.39 is 12.1 Å². The molecule has 3 aromatic heterocycles. The molecule has 7 heterocycles. The van der Waals surface area contributed by atoms with Crippen LogP contribution < -0.4 is 5.32 Å². The molecule has 0 aliphatic carbocycles. The summed E-state index contributed by atoms with van der Waals surface area (Å²) in [7, 11) is 3.48. The minimum Gasteiger partial charge on any atom is -0.453 e. The highest BCUT2D eigenvalue weighted by Gasteiger charge is 2.43. The van der Waals surface area contributed by atoms with Gasteiger partial charge < -0.3 is 29.7 Å². The Labute approximate surface area is 284 Å². The van der Waals surface area contributed by atoms with E-state index in [1.54, 1.807) is 11.3 Å². The lowest BCUT2D eigenvalue weighted by atomic mass is 9.84. The highest BCUT2D eigenvalue weighted by molar-refractivity contribution is 7.18. The Kier molecular flexibility index (Phi) is 8.12. The average molecular weight is 670 g/mol. The Morgan fingerprint density at radius 1 is 0.896 bits per heavy atom. The van der Waals surface area contributed by atoms with Gasteiger partial charge in [0.1, 0.15) is 17.7 Å². The van der Waals surface area contributed by atoms with Crippen molar-refractivity contribution in [2.45, 2.75) is 82.7 Å². The van der Waals surface area contributed by atoms with Crippen LogP contribution in [0.4, 0.5) is 4.79 Å². The van der Waals surface area contributed by atoms with E-state index in [9.17, 15) is 9.59 Å². The van der Waals surface area contributed by atoms with E-state index in [0.29, 0.717) is 12.6 Å². The monoisotopic (exact) mass is 669 g/mol. The molecule has 4 aromatic rings. The largest absolute Gasteiger partial charge is 0.453 e. The maximum atomic E-state index is 13.7. The standard InChI is InChI=1S/C36H43N7O4S/c1-19(2)32(41-36(45)46-4)35(44)43-16-6-8-25(43)34-37-17-22(39-34)20-9-10-21(31-27-12-11-26(47-27)30(20)31)28-13-14-29(48-28)23-18-38-33(40-23)24-7-5-15-42(24)3/h9-10,13-14,17-19,24-27,32H,5-8,11-12,15-16H2,1-4H3,(H,37,39)(H,38,40)(H,41,45)/t24-,25?,26?,27?,32?/m0/s1. The van der Waals surface area contributed by atoms with E-state index in [1.165, 1.54) is 40.0 Å². The molecule has 0 radical (unpaired) electrons. The van der Waals surface area contributed by atoms with Crippen molar-refractivity contribution >= 4 is 23.3 Å². The fourth-order valence-corrected chi connectivity index (χ4v) is 9.20. The fourth-order valence-electron chi connectivity index (χ4n) is 8.19. The van der Waals surface area contributed by atoms with Gasteiger partial charge in [0.2, 0.25) is 5.91 Å². The van der Waals surface area contributed by atoms with Crippen LogP contribution in [0.1, 0.15) is 99.4 Å². The van der Waals surface area contributed by atoms with Crippen LogP contribution in [0.25, 0.3) is 32.3 Å². The number of thiophene rings is 1. The van der Waals surface area contributed by atoms with Crippen LogP contribution in [0.5, 0.6) is 0 Å². The predicted octanol–water partition coefficient (Wildman–Crippen LogP) is 6.91. The number of hydrogen-bond donors (Lipinski definition) is 3. The Morgan fingerprint density at radius 2 is 1.54 bits per heavy atom. The number of aromatic nitrogens is 4. The third-order valence-corrected chi connectivity index (χ3v) is 11.8. The fraction of sp³-hybridized carbons (Fsp3) is 0.500. The van der Waals surface area contributed by atoms with Crippen molar-refractivity contribution in [2.75, 3.05) is 27.2 Å². The average Bonchev–Trinajstić information content (AvgIpc) is 3.94. The highest BCUT2D eigenvalue weighted by Crippen LogP contribution is 2.57. The molecule has 8 rings (SSSR count). The molecule has 11 nitrogen and oxygen atoms in total. The molecule has 4 unspecified atom stereocenters. The molecule has 252 valence electrons. The molecular weight excluding hydrogens is 627 g/mol. The molecule has 3 saturated heterocycles. The third kappa shape index (κ3) is 5.34. The normalized spacial score (nSPS) is 24.1. The number of nitrogens with one attached hydrogen (secondary N) is 3. The van der Waals surface area contributed by atoms with E-state index in [0.717, 1.165) is 67.2 Å². The summed E-state index contributed by atoms with van der Waals surface area (Å²) < 4.78 is 11.3. The number of methoxy groups -OCH3 is 1. The Bertz CT molecular complexity index is 1840. The zero-order valence-electron chi connectivity index (χ0n) is 27.9. The number of likely N-dealkylation sites (tertiary alicyclic amines) is 2. The highest BCUT2D eigenvalue weighted by atomic mass is 32.1. The van der Waals surface area contributed by atoms with Gasteiger partial charge in [-0.2, -0.15) is 0 Å². The topological polar surface area (TPSA) is 128 Å². The van der Waals surface area contributed by atoms with Gasteiger partial charge in [-0.1, -0.05) is 26.0 Å². The summed E-state index contributed by atoms with van der Waals surface area (Å²) >= 11 is 1.79. The number of alkyl carbamates (subject to hydrolysis) is 1. The number of imidazole rings is 2. The molecule has 4 aliphatic heterocycles. The lowest BCUT2D eigenvalue weighted by molar-refractivity contribution is -0.135. The van der Waals surface area contributed by atoms with Crippen molar-refractivity contribution in [1.29, 1.82) is 0 Å². The zero-order chi connectivity index (χ0) is 33.1. The summed E-state index contributed by atoms with van der Waals surface area (Å²) in [6, 6.07) is 8.37. The van der Waals surface area contributed by atoms with Gasteiger partial charge >= 0.3 is 6.09 Å². The first-order valence-corrected chi connectivity index (χ1v) is 18.0. The smallest absolute Gasteiger partial charge is 0.407 e. The number of nitrogens with zero attached hydrogens (tertiary/aromatic N) is 4. The number of ether oxygens (including phenoxy) is 2. The van der Waals surface area contributed by atoms with Crippen LogP contribution in [0.3, 0.4) is 0 Å². The molecule has 0 saturated carbocycles. The van der Waals surface area contributed by atoms with Crippen molar-refractivity contribution in [3.05, 3.63) is 59.4 Å². The molecule has 48 heavy (non-hydrogen) atoms. The molecule has 2 amide bonds. The van der Waals surface area contributed by atoms with Gasteiger partial charge in [-0.05, 0) is 86.9 Å². The number of fused-ring (bicyclic) bond motifs is 5. The number of rotatable bonds is 8. The zero-order valence-corrected chi connectivity index (χ0v) is 28.7. The number of amides is 2.